The number of phosphoric acid groups is 2. The van der Waals surface area contributed by atoms with Crippen molar-refractivity contribution in [3.05, 3.63) is 251 Å². The minimum Gasteiger partial charge on any atom is -0.497 e. The highest BCUT2D eigenvalue weighted by Gasteiger charge is 2.49. The lowest BCUT2D eigenvalue weighted by Crippen LogP contribution is -2.38. The summed E-state index contributed by atoms with van der Waals surface area (Å²) in [5.41, 5.74) is 2.34. The van der Waals surface area contributed by atoms with Gasteiger partial charge in [-0.15, -0.1) is 0 Å². The van der Waals surface area contributed by atoms with Crippen LogP contribution in [0.4, 0.5) is 11.6 Å². The number of imidazole rings is 2. The second kappa shape index (κ2) is 28.5. The number of methoxy groups -OCH3 is 2. The zero-order valence-electron chi connectivity index (χ0n) is 50.9. The topological polar surface area (TPSA) is 292 Å². The molecule has 25 nitrogen and oxygen atoms in total. The minimum absolute atomic E-state index is 0.00413. The number of aromatic nitrogens is 8. The number of nitrogens with one attached hydrogen (secondary N) is 2. The number of phosphoric ester groups is 2. The molecule has 2 unspecified atom stereocenters. The van der Waals surface area contributed by atoms with Gasteiger partial charge >= 0.3 is 15.6 Å². The first-order chi connectivity index (χ1) is 46.6. The number of hydrogen-bond acceptors (Lipinski definition) is 20. The summed E-state index contributed by atoms with van der Waals surface area (Å²) in [7, 11) is -6.95. The summed E-state index contributed by atoms with van der Waals surface area (Å²) >= 11 is 12.5. The molecule has 2 aliphatic heterocycles. The molecular weight excluding hydrogens is 1320 g/mol. The van der Waals surface area contributed by atoms with E-state index < -0.39 is 76.5 Å². The molecule has 4 aromatic heterocycles. The predicted molar refractivity (Wildman–Crippen MR) is 352 cm³/mol. The molecule has 0 saturated carbocycles. The molecule has 0 aliphatic carbocycles. The zero-order chi connectivity index (χ0) is 66.4. The number of fused-ring (bicyclic) bond motifs is 2. The number of benzene rings is 7. The van der Waals surface area contributed by atoms with E-state index in [-0.39, 0.29) is 64.9 Å². The molecule has 2 fully saturated rings. The maximum absolute atomic E-state index is 16.2. The van der Waals surface area contributed by atoms with E-state index in [9.17, 15) is 19.0 Å². The predicted octanol–water partition coefficient (Wildman–Crippen LogP) is 13.2. The maximum Gasteiger partial charge on any atom is 0.530 e. The van der Waals surface area contributed by atoms with E-state index in [1.165, 1.54) is 78.4 Å². The van der Waals surface area contributed by atoms with Gasteiger partial charge in [-0.1, -0.05) is 114 Å². The summed E-state index contributed by atoms with van der Waals surface area (Å²) in [4.78, 5) is 65.2. The van der Waals surface area contributed by atoms with Crippen molar-refractivity contribution in [1.29, 1.82) is 0 Å². The Balaban J connectivity index is 0.861. The largest absolute Gasteiger partial charge is 0.530 e. The molecule has 29 heteroatoms. The monoisotopic (exact) mass is 1370 g/mol. The number of nitrogens with zero attached hydrogens (tertiary/aromatic N) is 8. The van der Waals surface area contributed by atoms with E-state index in [0.717, 1.165) is 5.56 Å². The van der Waals surface area contributed by atoms with Gasteiger partial charge in [0.1, 0.15) is 78.1 Å². The van der Waals surface area contributed by atoms with Gasteiger partial charge in [0.15, 0.2) is 34.0 Å². The number of carbonyl (C=O) groups excluding carboxylic acids is 2. The third-order valence-electron chi connectivity index (χ3n) is 15.9. The second-order valence-electron chi connectivity index (χ2n) is 21.9. The molecule has 2 amide bonds. The Kier molecular flexibility index (Phi) is 19.3. The molecule has 3 N–H and O–H groups in total. The molecule has 11 aromatic rings. The van der Waals surface area contributed by atoms with Gasteiger partial charge in [0, 0.05) is 34.0 Å². The molecule has 13 rings (SSSR count). The SMILES string of the molecule is COc1ccc(C(OC[C@H]2O[C@@H](n3cnc4c(NC(=O)c5ccccc5)ncnc43)C[C@@H]2OP(=O)(OC[C@H]2O[C@@H](n3cnc4c(NC(=O)c5ccccc5)ncnc43)C[C@@H]2OP(=O)(O)Oc2ccc(Cl)cc2)Oc2ccc(Cl)cc2)(c2ccccc2)c2ccc(OC)cc2)cc1. The minimum atomic E-state index is -5.05. The van der Waals surface area contributed by atoms with Crippen LogP contribution in [0.5, 0.6) is 23.0 Å². The molecule has 0 radical (unpaired) electrons. The van der Waals surface area contributed by atoms with Crippen molar-refractivity contribution in [2.75, 3.05) is 38.1 Å². The van der Waals surface area contributed by atoms with Crippen molar-refractivity contribution in [2.45, 2.75) is 55.3 Å². The van der Waals surface area contributed by atoms with Crippen molar-refractivity contribution < 1.29 is 69.9 Å². The van der Waals surface area contributed by atoms with Gasteiger partial charge in [0.05, 0.1) is 40.1 Å². The van der Waals surface area contributed by atoms with E-state index in [1.54, 1.807) is 79.5 Å². The molecule has 0 bridgehead atoms. The molecule has 2 aliphatic rings. The average Bonchev–Trinajstić information content (AvgIpc) is 0.831. The number of carbonyl (C=O) groups is 2. The van der Waals surface area contributed by atoms with Crippen LogP contribution in [0.1, 0.15) is 62.7 Å². The lowest BCUT2D eigenvalue weighted by molar-refractivity contribution is -0.0936. The van der Waals surface area contributed by atoms with Crippen molar-refractivity contribution in [1.82, 2.24) is 39.0 Å². The highest BCUT2D eigenvalue weighted by atomic mass is 35.5. The first-order valence-corrected chi connectivity index (χ1v) is 33.6. The van der Waals surface area contributed by atoms with E-state index in [2.05, 4.69) is 40.5 Å². The van der Waals surface area contributed by atoms with E-state index in [1.807, 2.05) is 78.9 Å². The van der Waals surface area contributed by atoms with Crippen LogP contribution < -0.4 is 29.2 Å². The van der Waals surface area contributed by atoms with Gasteiger partial charge < -0.3 is 43.4 Å². The Morgan fingerprint density at radius 1 is 0.531 bits per heavy atom. The number of rotatable bonds is 25. The molecule has 96 heavy (non-hydrogen) atoms. The summed E-state index contributed by atoms with van der Waals surface area (Å²) in [6, 6.07) is 53.2. The molecule has 490 valence electrons. The Labute approximate surface area is 558 Å². The van der Waals surface area contributed by atoms with Gasteiger partial charge in [-0.25, -0.2) is 39.0 Å². The van der Waals surface area contributed by atoms with Crippen LogP contribution in [0.15, 0.2) is 213 Å². The van der Waals surface area contributed by atoms with E-state index in [4.69, 9.17) is 69.5 Å². The summed E-state index contributed by atoms with van der Waals surface area (Å²) in [5.74, 6) is 0.485. The highest BCUT2D eigenvalue weighted by molar-refractivity contribution is 7.49. The number of amides is 2. The van der Waals surface area contributed by atoms with Crippen molar-refractivity contribution >= 4 is 84.6 Å². The number of halogens is 2. The van der Waals surface area contributed by atoms with Crippen LogP contribution >= 0.6 is 38.8 Å². The molecule has 0 spiro atoms. The van der Waals surface area contributed by atoms with Gasteiger partial charge in [-0.05, 0) is 114 Å². The fourth-order valence-electron chi connectivity index (χ4n) is 11.2. The quantitative estimate of drug-likeness (QED) is 0.0354. The van der Waals surface area contributed by atoms with Crippen molar-refractivity contribution in [2.24, 2.45) is 0 Å². The van der Waals surface area contributed by atoms with Crippen LogP contribution in [0.25, 0.3) is 22.3 Å². The first-order valence-electron chi connectivity index (χ1n) is 29.8. The van der Waals surface area contributed by atoms with Gasteiger partial charge in [0.2, 0.25) is 0 Å². The Morgan fingerprint density at radius 2 is 0.948 bits per heavy atom. The normalized spacial score (nSPS) is 19.1. The number of ether oxygens (including phenoxy) is 5. The Hall–Kier alpha value is -9.46. The molecule has 2 saturated heterocycles. The average molecular weight is 1380 g/mol. The molecule has 7 aromatic carbocycles. The molecule has 8 atom stereocenters. The van der Waals surface area contributed by atoms with Crippen LogP contribution in [0, 0.1) is 0 Å². The van der Waals surface area contributed by atoms with E-state index >= 15 is 4.57 Å². The fraction of sp³-hybridized carbons (Fsp3) is 0.194. The standard InChI is InChI=1S/C67H58Cl2N10O15P2/c1-85-49-26-18-45(19-27-49)67(44-16-10-5-11-17-44,46-20-28-50(86-2)29-21-46)87-36-55-54(35-58(89-55)79-41-75-60-62(71-39-73-64(60)79)77-66(81)43-14-8-4-9-15-43)94-96(84,92-52-32-24-48(69)25-33-52)88-37-56-53(93-95(82,83)91-51-30-22-47(68)23-31-51)34-57(90-56)78-40-74-59-61(70-38-72-63(59)78)76-65(80)42-12-6-3-7-13-42/h3-33,38-41,53-58H,34-37H2,1-2H3,(H,82,83)(H,70,72,76,80)(H,71,73,77,81)/t53-,54-,55+,56+,57+,58+,96?/m0/s1. The summed E-state index contributed by atoms with van der Waals surface area (Å²) < 4.78 is 96.7. The first kappa shape index (κ1) is 65.2. The van der Waals surface area contributed by atoms with Crippen LogP contribution in [-0.2, 0) is 42.5 Å². The van der Waals surface area contributed by atoms with Crippen LogP contribution in [0.3, 0.4) is 0 Å². The third kappa shape index (κ3) is 14.4. The molecule has 6 heterocycles. The van der Waals surface area contributed by atoms with Gasteiger partial charge in [-0.2, -0.15) is 0 Å². The maximum atomic E-state index is 16.2. The lowest BCUT2D eigenvalue weighted by atomic mass is 9.80. The summed E-state index contributed by atoms with van der Waals surface area (Å²) in [6.45, 7) is -0.977. The number of anilines is 2. The van der Waals surface area contributed by atoms with Crippen LogP contribution in [0.2, 0.25) is 10.0 Å². The number of hydrogen-bond donors (Lipinski definition) is 3. The van der Waals surface area contributed by atoms with E-state index in [0.29, 0.717) is 43.8 Å². The fourth-order valence-corrected chi connectivity index (χ4v) is 13.9. The second-order valence-corrected chi connectivity index (χ2v) is 25.6. The Bertz CT molecular complexity index is 4580. The smallest absolute Gasteiger partial charge is 0.497 e. The lowest BCUT2D eigenvalue weighted by Gasteiger charge is -2.37. The van der Waals surface area contributed by atoms with Gasteiger partial charge in [-0.3, -0.25) is 37.2 Å². The van der Waals surface area contributed by atoms with Crippen molar-refractivity contribution in [3.63, 3.8) is 0 Å². The third-order valence-corrected chi connectivity index (χ3v) is 18.8. The van der Waals surface area contributed by atoms with Crippen LogP contribution in [-0.4, -0.2) is 108 Å². The van der Waals surface area contributed by atoms with Gasteiger partial charge in [0.25, 0.3) is 11.8 Å². The van der Waals surface area contributed by atoms with Crippen molar-refractivity contribution in [3.8, 4) is 23.0 Å². The summed E-state index contributed by atoms with van der Waals surface area (Å²) in [5, 5.41) is 6.31. The molecular formula is C67H58Cl2N10O15P2. The summed E-state index contributed by atoms with van der Waals surface area (Å²) in [6.07, 6.45) is -2.12. The Morgan fingerprint density at radius 3 is 1.42 bits per heavy atom. The zero-order valence-corrected chi connectivity index (χ0v) is 54.2. The highest BCUT2D eigenvalue weighted by Crippen LogP contribution is 2.56.